The molecule has 0 atom stereocenters. The van der Waals surface area contributed by atoms with E-state index in [2.05, 4.69) is 60.4 Å². The predicted octanol–water partition coefficient (Wildman–Crippen LogP) is 5.86. The minimum absolute atomic E-state index is 0.276. The molecule has 1 aromatic carbocycles. The Morgan fingerprint density at radius 3 is 2.85 bits per heavy atom. The maximum Gasteiger partial charge on any atom is 0.274 e. The summed E-state index contributed by atoms with van der Waals surface area (Å²) in [6, 6.07) is 11.5. The second kappa shape index (κ2) is 14.2. The number of hydrogen-bond donors (Lipinski definition) is 3. The molecule has 5 rings (SSSR count). The van der Waals surface area contributed by atoms with Crippen molar-refractivity contribution in [2.24, 2.45) is 0 Å². The molecule has 1 aliphatic rings. The van der Waals surface area contributed by atoms with Gasteiger partial charge in [0.05, 0.1) is 18.4 Å². The fourth-order valence-corrected chi connectivity index (χ4v) is 5.73. The van der Waals surface area contributed by atoms with Crippen LogP contribution in [0.25, 0.3) is 20.9 Å². The van der Waals surface area contributed by atoms with Crippen LogP contribution in [0.1, 0.15) is 54.5 Å². The van der Waals surface area contributed by atoms with Crippen LogP contribution in [0.3, 0.4) is 0 Å². The maximum atomic E-state index is 13.4. The van der Waals surface area contributed by atoms with Crippen LogP contribution in [0.5, 0.6) is 0 Å². The molecular weight excluding hydrogens is 637 g/mol. The highest BCUT2D eigenvalue weighted by molar-refractivity contribution is 14.1. The number of piperidine rings is 1. The molecule has 40 heavy (non-hydrogen) atoms. The number of nitrogens with one attached hydrogen (secondary N) is 3. The Morgan fingerprint density at radius 2 is 2.02 bits per heavy atom. The molecule has 4 aromatic rings. The summed E-state index contributed by atoms with van der Waals surface area (Å²) in [5.41, 5.74) is 3.71. The van der Waals surface area contributed by atoms with Gasteiger partial charge < -0.3 is 20.7 Å². The third-order valence-electron chi connectivity index (χ3n) is 6.64. The van der Waals surface area contributed by atoms with Gasteiger partial charge >= 0.3 is 0 Å². The van der Waals surface area contributed by atoms with Gasteiger partial charge in [-0.3, -0.25) is 4.79 Å². The molecule has 0 saturated carbocycles. The summed E-state index contributed by atoms with van der Waals surface area (Å²) < 4.78 is 7.04. The zero-order valence-electron chi connectivity index (χ0n) is 22.6. The first-order chi connectivity index (χ1) is 19.6. The largest absolute Gasteiger partial charge is 0.373 e. The van der Waals surface area contributed by atoms with Crippen molar-refractivity contribution in [1.82, 2.24) is 25.3 Å². The number of hydrogen-bond acceptors (Lipinski definition) is 9. The van der Waals surface area contributed by atoms with Gasteiger partial charge in [0, 0.05) is 35.2 Å². The molecule has 1 saturated heterocycles. The van der Waals surface area contributed by atoms with Gasteiger partial charge in [0.2, 0.25) is 0 Å². The van der Waals surface area contributed by atoms with E-state index >= 15 is 0 Å². The van der Waals surface area contributed by atoms with E-state index in [-0.39, 0.29) is 12.0 Å². The van der Waals surface area contributed by atoms with Gasteiger partial charge in [-0.1, -0.05) is 59.4 Å². The van der Waals surface area contributed by atoms with Crippen LogP contribution in [0.15, 0.2) is 42.6 Å². The average molecular weight is 672 g/mol. The Hall–Kier alpha value is -2.74. The van der Waals surface area contributed by atoms with Crippen molar-refractivity contribution in [3.8, 4) is 10.6 Å². The van der Waals surface area contributed by atoms with E-state index in [4.69, 9.17) is 9.72 Å². The number of alkyl halides is 1. The van der Waals surface area contributed by atoms with Crippen LogP contribution in [0.4, 0.5) is 11.5 Å². The molecule has 11 heteroatoms. The van der Waals surface area contributed by atoms with E-state index in [1.807, 2.05) is 36.5 Å². The van der Waals surface area contributed by atoms with Gasteiger partial charge in [0.1, 0.15) is 32.7 Å². The number of pyridine rings is 1. The van der Waals surface area contributed by atoms with Crippen LogP contribution in [0, 0.1) is 0 Å². The van der Waals surface area contributed by atoms with Gasteiger partial charge in [-0.05, 0) is 56.1 Å². The summed E-state index contributed by atoms with van der Waals surface area (Å²) in [5.74, 6) is 1.08. The fourth-order valence-electron chi connectivity index (χ4n) is 4.53. The van der Waals surface area contributed by atoms with Crippen molar-refractivity contribution in [3.63, 3.8) is 0 Å². The summed E-state index contributed by atoms with van der Waals surface area (Å²) in [7, 11) is 0. The number of amides is 1. The Bertz CT molecular complexity index is 1410. The number of para-hydroxylation sites is 1. The Morgan fingerprint density at radius 1 is 1.18 bits per heavy atom. The molecule has 0 spiro atoms. The topological polar surface area (TPSA) is 114 Å². The van der Waals surface area contributed by atoms with Crippen LogP contribution in [0.2, 0.25) is 0 Å². The molecule has 4 heterocycles. The monoisotopic (exact) mass is 671 g/mol. The quantitative estimate of drug-likeness (QED) is 0.127. The average Bonchev–Trinajstić information content (AvgIpc) is 3.42. The van der Waals surface area contributed by atoms with Gasteiger partial charge in [0.25, 0.3) is 5.91 Å². The zero-order valence-corrected chi connectivity index (χ0v) is 25.6. The highest BCUT2D eigenvalue weighted by Crippen LogP contribution is 2.34. The number of carbonyl (C=O) groups excluding carboxylic acids is 1. The van der Waals surface area contributed by atoms with E-state index < -0.39 is 0 Å². The first-order valence-electron chi connectivity index (χ1n) is 13.8. The van der Waals surface area contributed by atoms with Gasteiger partial charge in [-0.25, -0.2) is 19.9 Å². The number of unbranched alkanes of at least 4 members (excludes halogenated alkanes) is 1. The van der Waals surface area contributed by atoms with Crippen LogP contribution < -0.4 is 16.0 Å². The van der Waals surface area contributed by atoms with Crippen LogP contribution >= 0.6 is 33.9 Å². The number of halogens is 1. The number of benzene rings is 1. The number of nitrogens with zero attached hydrogens (tertiary/aromatic N) is 4. The standard InChI is InChI=1S/C29H34IN7O2S/c1-2-3-8-25-34-23(16-26(37-25)32-14-11-30)27(38)35-22-7-5-4-6-21(22)28-36-24-15-19(17-33-29(24)40-28)18-39-20-9-12-31-13-10-20/h4-7,15-17,20,31H,2-3,8-14,18H2,1H3,(H,35,38)(H,32,34,37). The van der Waals surface area contributed by atoms with Crippen molar-refractivity contribution in [2.45, 2.75) is 51.7 Å². The number of thiazole rings is 1. The minimum atomic E-state index is -0.276. The highest BCUT2D eigenvalue weighted by atomic mass is 127. The molecule has 1 amide bonds. The molecule has 1 fully saturated rings. The van der Waals surface area contributed by atoms with Gasteiger partial charge in [-0.2, -0.15) is 0 Å². The first-order valence-corrected chi connectivity index (χ1v) is 16.1. The van der Waals surface area contributed by atoms with E-state index in [1.54, 1.807) is 6.07 Å². The lowest BCUT2D eigenvalue weighted by Crippen LogP contribution is -2.32. The molecule has 0 radical (unpaired) electrons. The van der Waals surface area contributed by atoms with E-state index in [9.17, 15) is 4.79 Å². The highest BCUT2D eigenvalue weighted by Gasteiger charge is 2.18. The SMILES string of the molecule is CCCCc1nc(NCCI)cc(C(=O)Nc2ccccc2-c2nc3cc(COC4CCNCC4)cnc3s2)n1. The van der Waals surface area contributed by atoms with Crippen LogP contribution in [-0.2, 0) is 17.8 Å². The number of carbonyl (C=O) groups is 1. The number of aromatic nitrogens is 4. The molecule has 3 aromatic heterocycles. The molecule has 9 nitrogen and oxygen atoms in total. The van der Waals surface area contributed by atoms with Gasteiger partial charge in [0.15, 0.2) is 0 Å². The lowest BCUT2D eigenvalue weighted by atomic mass is 10.1. The van der Waals surface area contributed by atoms with Crippen LogP contribution in [-0.4, -0.2) is 56.0 Å². The summed E-state index contributed by atoms with van der Waals surface area (Å²) in [4.78, 5) is 32.9. The molecule has 3 N–H and O–H groups in total. The smallest absolute Gasteiger partial charge is 0.274 e. The second-order valence-electron chi connectivity index (χ2n) is 9.72. The third-order valence-corrected chi connectivity index (χ3v) is 8.19. The zero-order chi connectivity index (χ0) is 27.7. The van der Waals surface area contributed by atoms with Crippen molar-refractivity contribution >= 4 is 61.7 Å². The number of aryl methyl sites for hydroxylation is 1. The number of anilines is 2. The molecule has 0 aliphatic carbocycles. The molecule has 0 bridgehead atoms. The lowest BCUT2D eigenvalue weighted by Gasteiger charge is -2.22. The molecule has 210 valence electrons. The Labute approximate surface area is 252 Å². The van der Waals surface area contributed by atoms with E-state index in [0.717, 1.165) is 82.6 Å². The Kier molecular flexibility index (Phi) is 10.2. The minimum Gasteiger partial charge on any atom is -0.373 e. The van der Waals surface area contributed by atoms with E-state index in [1.165, 1.54) is 11.3 Å². The summed E-state index contributed by atoms with van der Waals surface area (Å²) in [6.45, 7) is 5.43. The Balaban J connectivity index is 1.34. The molecule has 1 aliphatic heterocycles. The normalized spacial score (nSPS) is 13.9. The number of ether oxygens (including phenoxy) is 1. The summed E-state index contributed by atoms with van der Waals surface area (Å²) in [5, 5.41) is 10.5. The van der Waals surface area contributed by atoms with Gasteiger partial charge in [-0.15, -0.1) is 0 Å². The third kappa shape index (κ3) is 7.50. The summed E-state index contributed by atoms with van der Waals surface area (Å²) >= 11 is 3.81. The number of rotatable bonds is 12. The van der Waals surface area contributed by atoms with E-state index in [0.29, 0.717) is 29.6 Å². The van der Waals surface area contributed by atoms with Crippen molar-refractivity contribution in [2.75, 3.05) is 34.7 Å². The number of fused-ring (bicyclic) bond motifs is 1. The second-order valence-corrected chi connectivity index (χ2v) is 11.8. The fraction of sp³-hybridized carbons (Fsp3) is 0.414. The van der Waals surface area contributed by atoms with Crippen molar-refractivity contribution in [3.05, 3.63) is 59.7 Å². The van der Waals surface area contributed by atoms with Crippen molar-refractivity contribution in [1.29, 1.82) is 0 Å². The molecular formula is C29H34IN7O2S. The first kappa shape index (κ1) is 28.8. The lowest BCUT2D eigenvalue weighted by molar-refractivity contribution is 0.0211. The predicted molar refractivity (Wildman–Crippen MR) is 170 cm³/mol. The summed E-state index contributed by atoms with van der Waals surface area (Å²) in [6.07, 6.45) is 6.96. The molecule has 0 unspecified atom stereocenters. The maximum absolute atomic E-state index is 13.4. The van der Waals surface area contributed by atoms with Crippen molar-refractivity contribution < 1.29 is 9.53 Å².